The second-order valence-corrected chi connectivity index (χ2v) is 13.6. The minimum atomic E-state index is -4.23. The molecule has 0 aliphatic heterocycles. The highest BCUT2D eigenvalue weighted by Gasteiger charge is 2.33. The second-order valence-electron chi connectivity index (χ2n) is 10.1. The molecule has 3 rings (SSSR count). The van der Waals surface area contributed by atoms with Crippen molar-refractivity contribution in [2.75, 3.05) is 10.8 Å². The summed E-state index contributed by atoms with van der Waals surface area (Å²) in [6, 6.07) is 15.9. The molecule has 0 radical (unpaired) electrons. The minimum Gasteiger partial charge on any atom is -0.350 e. The first-order valence-electron chi connectivity index (χ1n) is 12.2. The number of benzene rings is 3. The van der Waals surface area contributed by atoms with Crippen molar-refractivity contribution in [3.05, 3.63) is 92.4 Å². The summed E-state index contributed by atoms with van der Waals surface area (Å²) in [4.78, 5) is 28.4. The molecule has 12 heteroatoms. The minimum absolute atomic E-state index is 0.0246. The summed E-state index contributed by atoms with van der Waals surface area (Å²) < 4.78 is 28.5. The van der Waals surface area contributed by atoms with E-state index >= 15 is 0 Å². The molecule has 0 aromatic heterocycles. The third kappa shape index (κ3) is 8.04. The van der Waals surface area contributed by atoms with Crippen molar-refractivity contribution in [2.45, 2.75) is 50.7 Å². The number of rotatable bonds is 9. The smallest absolute Gasteiger partial charge is 0.264 e. The Labute approximate surface area is 255 Å². The number of carbonyl (C=O) groups is 2. The summed E-state index contributed by atoms with van der Waals surface area (Å²) in [5.41, 5.74) is 0.171. The molecule has 0 fully saturated rings. The van der Waals surface area contributed by atoms with E-state index in [1.165, 1.54) is 35.2 Å². The molecule has 3 aromatic carbocycles. The van der Waals surface area contributed by atoms with Crippen LogP contribution in [0.4, 0.5) is 5.69 Å². The van der Waals surface area contributed by atoms with Crippen LogP contribution < -0.4 is 9.62 Å². The van der Waals surface area contributed by atoms with Gasteiger partial charge in [-0.2, -0.15) is 0 Å². The molecule has 0 saturated heterocycles. The molecule has 214 valence electrons. The molecule has 0 bridgehead atoms. The topological polar surface area (TPSA) is 86.8 Å². The molecular formula is C28H29Cl4N3O4S. The van der Waals surface area contributed by atoms with Crippen molar-refractivity contribution in [3.8, 4) is 0 Å². The molecule has 0 unspecified atom stereocenters. The normalized spacial score (nSPS) is 12.5. The van der Waals surface area contributed by atoms with Crippen LogP contribution in [0.25, 0.3) is 0 Å². The maximum absolute atomic E-state index is 13.9. The zero-order valence-corrected chi connectivity index (χ0v) is 26.1. The van der Waals surface area contributed by atoms with E-state index in [9.17, 15) is 18.0 Å². The number of sulfonamides is 1. The van der Waals surface area contributed by atoms with Gasteiger partial charge in [0.2, 0.25) is 11.8 Å². The van der Waals surface area contributed by atoms with Gasteiger partial charge in [0.05, 0.1) is 30.7 Å². The zero-order valence-electron chi connectivity index (χ0n) is 22.3. The maximum atomic E-state index is 13.9. The highest BCUT2D eigenvalue weighted by Crippen LogP contribution is 2.31. The Kier molecular flexibility index (Phi) is 10.4. The Hall–Kier alpha value is -2.49. The summed E-state index contributed by atoms with van der Waals surface area (Å²) in [7, 11) is -4.23. The molecule has 7 nitrogen and oxygen atoms in total. The van der Waals surface area contributed by atoms with Gasteiger partial charge in [-0.1, -0.05) is 70.7 Å². The number of carbonyl (C=O) groups excluding carboxylic acids is 2. The Balaban J connectivity index is 2.06. The van der Waals surface area contributed by atoms with E-state index in [4.69, 9.17) is 46.4 Å². The van der Waals surface area contributed by atoms with Gasteiger partial charge in [0.15, 0.2) is 0 Å². The zero-order chi connectivity index (χ0) is 29.8. The number of halogens is 4. The van der Waals surface area contributed by atoms with Crippen LogP contribution in [0.15, 0.2) is 71.6 Å². The van der Waals surface area contributed by atoms with Crippen molar-refractivity contribution in [3.63, 3.8) is 0 Å². The lowest BCUT2D eigenvalue weighted by molar-refractivity contribution is -0.140. The number of nitrogens with zero attached hydrogens (tertiary/aromatic N) is 2. The molecule has 1 N–H and O–H groups in total. The van der Waals surface area contributed by atoms with Crippen LogP contribution >= 0.6 is 46.4 Å². The van der Waals surface area contributed by atoms with Gasteiger partial charge in [0.1, 0.15) is 12.6 Å². The summed E-state index contributed by atoms with van der Waals surface area (Å²) in [6.45, 7) is 6.38. The molecule has 0 saturated carbocycles. The Morgan fingerprint density at radius 2 is 1.43 bits per heavy atom. The number of amides is 2. The molecular weight excluding hydrogens is 616 g/mol. The van der Waals surface area contributed by atoms with E-state index in [0.717, 1.165) is 4.31 Å². The molecule has 0 aliphatic carbocycles. The van der Waals surface area contributed by atoms with Crippen LogP contribution in [0.1, 0.15) is 33.3 Å². The van der Waals surface area contributed by atoms with Crippen molar-refractivity contribution in [2.24, 2.45) is 0 Å². The summed E-state index contributed by atoms with van der Waals surface area (Å²) >= 11 is 24.6. The van der Waals surface area contributed by atoms with Crippen LogP contribution in [0, 0.1) is 0 Å². The summed E-state index contributed by atoms with van der Waals surface area (Å²) in [6.07, 6.45) is 0. The molecule has 1 atom stereocenters. The van der Waals surface area contributed by atoms with Gasteiger partial charge in [0.25, 0.3) is 10.0 Å². The van der Waals surface area contributed by atoms with Crippen LogP contribution in [-0.4, -0.2) is 43.3 Å². The quantitative estimate of drug-likeness (QED) is 0.277. The lowest BCUT2D eigenvalue weighted by Gasteiger charge is -2.33. The average molecular weight is 645 g/mol. The van der Waals surface area contributed by atoms with E-state index in [0.29, 0.717) is 10.6 Å². The monoisotopic (exact) mass is 643 g/mol. The first-order chi connectivity index (χ1) is 18.6. The number of anilines is 1. The van der Waals surface area contributed by atoms with E-state index in [1.54, 1.807) is 43.3 Å². The van der Waals surface area contributed by atoms with Crippen molar-refractivity contribution in [1.82, 2.24) is 10.2 Å². The molecule has 0 spiro atoms. The Morgan fingerprint density at radius 3 is 1.98 bits per heavy atom. The van der Waals surface area contributed by atoms with Crippen LogP contribution in [0.5, 0.6) is 0 Å². The molecule has 3 aromatic rings. The third-order valence-corrected chi connectivity index (χ3v) is 9.07. The van der Waals surface area contributed by atoms with Crippen LogP contribution in [0.2, 0.25) is 20.1 Å². The first-order valence-corrected chi connectivity index (χ1v) is 15.1. The third-order valence-electron chi connectivity index (χ3n) is 5.80. The van der Waals surface area contributed by atoms with Gasteiger partial charge in [-0.3, -0.25) is 13.9 Å². The largest absolute Gasteiger partial charge is 0.350 e. The fourth-order valence-corrected chi connectivity index (χ4v) is 5.82. The van der Waals surface area contributed by atoms with Crippen molar-refractivity contribution in [1.29, 1.82) is 0 Å². The van der Waals surface area contributed by atoms with Gasteiger partial charge in [-0.25, -0.2) is 8.42 Å². The molecule has 2 amide bonds. The van der Waals surface area contributed by atoms with Gasteiger partial charge in [0, 0.05) is 12.1 Å². The Morgan fingerprint density at radius 1 is 0.850 bits per heavy atom. The predicted molar refractivity (Wildman–Crippen MR) is 162 cm³/mol. The van der Waals surface area contributed by atoms with Crippen molar-refractivity contribution >= 4 is 73.9 Å². The number of hydrogen-bond donors (Lipinski definition) is 1. The van der Waals surface area contributed by atoms with Crippen LogP contribution in [0.3, 0.4) is 0 Å². The summed E-state index contributed by atoms with van der Waals surface area (Å²) in [5.74, 6) is -1.04. The molecule has 0 heterocycles. The van der Waals surface area contributed by atoms with Crippen molar-refractivity contribution < 1.29 is 18.0 Å². The fourth-order valence-electron chi connectivity index (χ4n) is 3.78. The van der Waals surface area contributed by atoms with E-state index in [1.807, 2.05) is 20.8 Å². The molecule has 40 heavy (non-hydrogen) atoms. The highest BCUT2D eigenvalue weighted by atomic mass is 35.5. The van der Waals surface area contributed by atoms with Gasteiger partial charge < -0.3 is 10.2 Å². The first kappa shape index (κ1) is 32.0. The predicted octanol–water partition coefficient (Wildman–Crippen LogP) is 6.83. The van der Waals surface area contributed by atoms with Gasteiger partial charge >= 0.3 is 0 Å². The van der Waals surface area contributed by atoms with Gasteiger partial charge in [-0.05, 0) is 75.7 Å². The maximum Gasteiger partial charge on any atom is 0.264 e. The van der Waals surface area contributed by atoms with E-state index in [2.05, 4.69) is 5.32 Å². The number of nitrogens with one attached hydrogen (secondary N) is 1. The van der Waals surface area contributed by atoms with Gasteiger partial charge in [-0.15, -0.1) is 0 Å². The highest BCUT2D eigenvalue weighted by molar-refractivity contribution is 7.92. The van der Waals surface area contributed by atoms with Crippen LogP contribution in [-0.2, 0) is 26.2 Å². The average Bonchev–Trinajstić information content (AvgIpc) is 2.88. The fraction of sp³-hybridized carbons (Fsp3) is 0.286. The van der Waals surface area contributed by atoms with E-state index < -0.39 is 40.0 Å². The second kappa shape index (κ2) is 13.0. The lowest BCUT2D eigenvalue weighted by Crippen LogP contribution is -2.54. The summed E-state index contributed by atoms with van der Waals surface area (Å²) in [5, 5.41) is 3.83. The number of hydrogen-bond acceptors (Lipinski definition) is 4. The molecule has 0 aliphatic rings. The SMILES string of the molecule is C[C@@H](C(=O)NC(C)(C)C)N(Cc1ccc(Cl)c(Cl)c1)C(=O)CN(c1ccc(Cl)c(Cl)c1)S(=O)(=O)c1ccccc1. The Bertz CT molecular complexity index is 1500. The lowest BCUT2D eigenvalue weighted by atomic mass is 10.1. The van der Waals surface area contributed by atoms with E-state index in [-0.39, 0.29) is 32.2 Å². The standard InChI is InChI=1S/C28H29Cl4N3O4S/c1-18(27(37)33-28(2,3)4)34(16-19-10-12-22(29)24(31)14-19)26(36)17-35(20-11-13-23(30)25(32)15-20)40(38,39)21-8-6-5-7-9-21/h5-15,18H,16-17H2,1-4H3,(H,33,37)/t18-/m0/s1.